The number of hydrogen-bond acceptors (Lipinski definition) is 1. The molecule has 1 fully saturated rings. The summed E-state index contributed by atoms with van der Waals surface area (Å²) in [5.74, 6) is 0. The maximum Gasteiger partial charge on any atom is 0.158 e. The Morgan fingerprint density at radius 2 is 1.22 bits per heavy atom. The maximum absolute atomic E-state index is 5.92. The van der Waals surface area contributed by atoms with Crippen LogP contribution in [0.15, 0.2) is 60.7 Å². The Kier molecular flexibility index (Phi) is 2.84. The highest BCUT2D eigenvalue weighted by Gasteiger charge is 2.54. The van der Waals surface area contributed by atoms with Gasteiger partial charge in [-0.3, -0.25) is 0 Å². The molecule has 1 nitrogen and oxygen atoms in total. The van der Waals surface area contributed by atoms with Crippen LogP contribution < -0.4 is 10.4 Å². The second-order valence-electron chi connectivity index (χ2n) is 5.25. The van der Waals surface area contributed by atoms with Crippen molar-refractivity contribution in [3.63, 3.8) is 0 Å². The first-order chi connectivity index (χ1) is 8.68. The molecule has 3 rings (SSSR count). The highest BCUT2D eigenvalue weighted by atomic mass is 28.3. The lowest BCUT2D eigenvalue weighted by atomic mass is 10.3. The summed E-state index contributed by atoms with van der Waals surface area (Å²) in [5, 5.41) is 2.87. The fourth-order valence-corrected chi connectivity index (χ4v) is 5.54. The third-order valence-corrected chi connectivity index (χ3v) is 6.68. The summed E-state index contributed by atoms with van der Waals surface area (Å²) in [6.45, 7) is 4.38. The van der Waals surface area contributed by atoms with Gasteiger partial charge in [0.25, 0.3) is 0 Å². The lowest BCUT2D eigenvalue weighted by molar-refractivity contribution is 0.338. The van der Waals surface area contributed by atoms with Crippen molar-refractivity contribution in [2.24, 2.45) is 0 Å². The zero-order chi connectivity index (χ0) is 12.6. The standard InChI is InChI=1S/C16H17OSi/c1-16(2)15(17-16)18(13-9-5-3-6-10-13)14-11-7-4-8-12-14/h3-12,15H,1-2H3. The Hall–Kier alpha value is -1.38. The Labute approximate surface area is 110 Å². The van der Waals surface area contributed by atoms with Crippen LogP contribution in [0.2, 0.25) is 0 Å². The van der Waals surface area contributed by atoms with E-state index in [1.807, 2.05) is 0 Å². The molecule has 1 atom stereocenters. The summed E-state index contributed by atoms with van der Waals surface area (Å²) in [4.78, 5) is 0. The van der Waals surface area contributed by atoms with Crippen molar-refractivity contribution in [2.45, 2.75) is 25.2 Å². The molecule has 91 valence electrons. The highest BCUT2D eigenvalue weighted by molar-refractivity contribution is 6.86. The molecule has 0 aromatic heterocycles. The largest absolute Gasteiger partial charge is 0.370 e. The van der Waals surface area contributed by atoms with Crippen molar-refractivity contribution >= 4 is 19.2 Å². The van der Waals surface area contributed by atoms with Crippen LogP contribution in [0, 0.1) is 0 Å². The van der Waals surface area contributed by atoms with Gasteiger partial charge < -0.3 is 4.74 Å². The van der Waals surface area contributed by atoms with E-state index >= 15 is 0 Å². The van der Waals surface area contributed by atoms with Crippen molar-refractivity contribution in [1.29, 1.82) is 0 Å². The van der Waals surface area contributed by atoms with Gasteiger partial charge in [0.15, 0.2) is 8.80 Å². The van der Waals surface area contributed by atoms with Gasteiger partial charge in [-0.25, -0.2) is 0 Å². The minimum atomic E-state index is -0.834. The average Bonchev–Trinajstić information content (AvgIpc) is 3.01. The van der Waals surface area contributed by atoms with Gasteiger partial charge in [-0.05, 0) is 13.8 Å². The van der Waals surface area contributed by atoms with Crippen LogP contribution in [0.1, 0.15) is 13.8 Å². The van der Waals surface area contributed by atoms with Crippen LogP contribution in [0.4, 0.5) is 0 Å². The van der Waals surface area contributed by atoms with Gasteiger partial charge in [0, 0.05) is 0 Å². The predicted octanol–water partition coefficient (Wildman–Crippen LogP) is 2.01. The van der Waals surface area contributed by atoms with E-state index < -0.39 is 8.80 Å². The smallest absolute Gasteiger partial charge is 0.158 e. The third-order valence-electron chi connectivity index (χ3n) is 3.43. The molecule has 0 N–H and O–H groups in total. The Bertz CT molecular complexity index is 482. The molecule has 0 bridgehead atoms. The van der Waals surface area contributed by atoms with Crippen molar-refractivity contribution in [2.75, 3.05) is 0 Å². The molecule has 1 aliphatic rings. The van der Waals surface area contributed by atoms with Gasteiger partial charge in [0.2, 0.25) is 0 Å². The van der Waals surface area contributed by atoms with Crippen molar-refractivity contribution in [3.8, 4) is 0 Å². The zero-order valence-electron chi connectivity index (χ0n) is 10.8. The van der Waals surface area contributed by atoms with Gasteiger partial charge in [0.05, 0.1) is 11.3 Å². The fourth-order valence-electron chi connectivity index (χ4n) is 2.38. The Morgan fingerprint density at radius 1 is 0.833 bits per heavy atom. The fraction of sp³-hybridized carbons (Fsp3) is 0.250. The number of benzene rings is 2. The second-order valence-corrected chi connectivity index (χ2v) is 7.75. The summed E-state index contributed by atoms with van der Waals surface area (Å²) in [6, 6.07) is 21.6. The topological polar surface area (TPSA) is 12.5 Å². The van der Waals surface area contributed by atoms with E-state index in [0.717, 1.165) is 0 Å². The second kappa shape index (κ2) is 4.37. The van der Waals surface area contributed by atoms with Gasteiger partial charge in [0.1, 0.15) is 0 Å². The molecule has 2 aromatic rings. The van der Waals surface area contributed by atoms with E-state index in [1.165, 1.54) is 10.4 Å². The SMILES string of the molecule is CC1(C)OC1[Si](c1ccccc1)c1ccccc1. The minimum absolute atomic E-state index is 0.0416. The molecule has 1 heterocycles. The molecule has 2 aromatic carbocycles. The zero-order valence-corrected chi connectivity index (χ0v) is 11.8. The molecule has 0 saturated carbocycles. The summed E-state index contributed by atoms with van der Waals surface area (Å²) in [7, 11) is -0.834. The number of ether oxygens (including phenoxy) is 1. The summed E-state index contributed by atoms with van der Waals surface area (Å²) < 4.78 is 5.92. The molecule has 2 heteroatoms. The lowest BCUT2D eigenvalue weighted by Crippen LogP contribution is -2.48. The molecular formula is C16H17OSi. The molecule has 1 saturated heterocycles. The Balaban J connectivity index is 2.01. The van der Waals surface area contributed by atoms with Crippen LogP contribution in [-0.2, 0) is 4.74 Å². The summed E-state index contributed by atoms with van der Waals surface area (Å²) in [6.07, 6.45) is 0. The van der Waals surface area contributed by atoms with Crippen LogP contribution in [0.25, 0.3) is 0 Å². The quantitative estimate of drug-likeness (QED) is 0.602. The van der Waals surface area contributed by atoms with Gasteiger partial charge in [-0.1, -0.05) is 71.0 Å². The van der Waals surface area contributed by atoms with Gasteiger partial charge >= 0.3 is 0 Å². The molecule has 0 amide bonds. The normalized spacial score (nSPS) is 20.9. The first kappa shape index (κ1) is 11.7. The number of rotatable bonds is 3. The highest BCUT2D eigenvalue weighted by Crippen LogP contribution is 2.36. The van der Waals surface area contributed by atoms with Crippen LogP contribution in [0.5, 0.6) is 0 Å². The van der Waals surface area contributed by atoms with E-state index in [4.69, 9.17) is 4.74 Å². The first-order valence-corrected chi connectivity index (χ1v) is 7.92. The van der Waals surface area contributed by atoms with Crippen LogP contribution in [-0.4, -0.2) is 20.1 Å². The first-order valence-electron chi connectivity index (χ1n) is 6.34. The van der Waals surface area contributed by atoms with E-state index in [0.29, 0.717) is 5.73 Å². The van der Waals surface area contributed by atoms with E-state index in [2.05, 4.69) is 74.5 Å². The predicted molar refractivity (Wildman–Crippen MR) is 76.9 cm³/mol. The monoisotopic (exact) mass is 253 g/mol. The molecule has 18 heavy (non-hydrogen) atoms. The van der Waals surface area contributed by atoms with E-state index in [-0.39, 0.29) is 5.60 Å². The van der Waals surface area contributed by atoms with Gasteiger partial charge in [-0.2, -0.15) is 0 Å². The lowest BCUT2D eigenvalue weighted by Gasteiger charge is -2.14. The van der Waals surface area contributed by atoms with Crippen molar-refractivity contribution < 1.29 is 4.74 Å². The summed E-state index contributed by atoms with van der Waals surface area (Å²) in [5.41, 5.74) is 0.423. The van der Waals surface area contributed by atoms with Crippen LogP contribution in [0.3, 0.4) is 0 Å². The maximum atomic E-state index is 5.92. The molecule has 0 spiro atoms. The van der Waals surface area contributed by atoms with Crippen molar-refractivity contribution in [1.82, 2.24) is 0 Å². The summed E-state index contributed by atoms with van der Waals surface area (Å²) >= 11 is 0. The van der Waals surface area contributed by atoms with E-state index in [1.54, 1.807) is 0 Å². The van der Waals surface area contributed by atoms with Crippen molar-refractivity contribution in [3.05, 3.63) is 60.7 Å². The minimum Gasteiger partial charge on any atom is -0.370 e. The van der Waals surface area contributed by atoms with Gasteiger partial charge in [-0.15, -0.1) is 0 Å². The average molecular weight is 253 g/mol. The molecular weight excluding hydrogens is 236 g/mol. The third kappa shape index (κ3) is 2.14. The molecule has 0 aliphatic carbocycles. The number of epoxide rings is 1. The molecule has 1 aliphatic heterocycles. The molecule has 1 radical (unpaired) electrons. The molecule has 1 unspecified atom stereocenters. The van der Waals surface area contributed by atoms with Crippen LogP contribution >= 0.6 is 0 Å². The number of hydrogen-bond donors (Lipinski definition) is 0. The Morgan fingerprint density at radius 3 is 1.56 bits per heavy atom. The van der Waals surface area contributed by atoms with E-state index in [9.17, 15) is 0 Å².